The van der Waals surface area contributed by atoms with Crippen molar-refractivity contribution in [1.82, 2.24) is 15.5 Å². The Morgan fingerprint density at radius 1 is 1.06 bits per heavy atom. The molecule has 1 aliphatic rings. The van der Waals surface area contributed by atoms with E-state index in [1.54, 1.807) is 0 Å². The van der Waals surface area contributed by atoms with Crippen LogP contribution in [0.25, 0.3) is 0 Å². The van der Waals surface area contributed by atoms with E-state index in [0.29, 0.717) is 32.2 Å². The van der Waals surface area contributed by atoms with E-state index in [9.17, 15) is 29.1 Å². The van der Waals surface area contributed by atoms with Gasteiger partial charge in [-0.05, 0) is 52.0 Å². The fourth-order valence-corrected chi connectivity index (χ4v) is 3.37. The molecule has 1 saturated heterocycles. The van der Waals surface area contributed by atoms with Crippen molar-refractivity contribution in [3.63, 3.8) is 0 Å². The molecule has 12 nitrogen and oxygen atoms in total. The molecule has 176 valence electrons. The Kier molecular flexibility index (Phi) is 10.9. The number of carboxylic acids is 1. The lowest BCUT2D eigenvalue weighted by Gasteiger charge is -2.28. The van der Waals surface area contributed by atoms with E-state index in [0.717, 1.165) is 0 Å². The van der Waals surface area contributed by atoms with E-state index < -0.39 is 53.8 Å². The fourth-order valence-electron chi connectivity index (χ4n) is 3.37. The Morgan fingerprint density at radius 2 is 1.71 bits per heavy atom. The zero-order valence-electron chi connectivity index (χ0n) is 17.8. The van der Waals surface area contributed by atoms with Crippen LogP contribution in [0.1, 0.15) is 51.9 Å². The molecular formula is C19H34N6O6. The number of primary amides is 1. The third kappa shape index (κ3) is 8.50. The van der Waals surface area contributed by atoms with Crippen LogP contribution < -0.4 is 27.8 Å². The summed E-state index contributed by atoms with van der Waals surface area (Å²) in [7, 11) is 0. The van der Waals surface area contributed by atoms with Gasteiger partial charge in [-0.15, -0.1) is 0 Å². The van der Waals surface area contributed by atoms with E-state index in [1.807, 2.05) is 0 Å². The molecule has 1 rings (SSSR count). The number of unbranched alkanes of at least 4 members (excludes halogenated alkanes) is 1. The largest absolute Gasteiger partial charge is 0.480 e. The molecule has 4 unspecified atom stereocenters. The second-order valence-corrected chi connectivity index (χ2v) is 7.73. The number of likely N-dealkylation sites (tertiary alicyclic amines) is 1. The van der Waals surface area contributed by atoms with Gasteiger partial charge in [0.15, 0.2) is 0 Å². The summed E-state index contributed by atoms with van der Waals surface area (Å²) in [5.74, 6) is -3.54. The van der Waals surface area contributed by atoms with Crippen molar-refractivity contribution < 1.29 is 29.1 Å². The highest BCUT2D eigenvalue weighted by atomic mass is 16.4. The number of nitrogens with two attached hydrogens (primary N) is 3. The van der Waals surface area contributed by atoms with Crippen LogP contribution in [0, 0.1) is 0 Å². The van der Waals surface area contributed by atoms with Crippen LogP contribution in [0.2, 0.25) is 0 Å². The number of amides is 4. The molecule has 9 N–H and O–H groups in total. The summed E-state index contributed by atoms with van der Waals surface area (Å²) in [5.41, 5.74) is 16.2. The zero-order chi connectivity index (χ0) is 23.6. The number of nitrogens with one attached hydrogen (secondary N) is 2. The van der Waals surface area contributed by atoms with Gasteiger partial charge in [-0.3, -0.25) is 19.2 Å². The van der Waals surface area contributed by atoms with Crippen molar-refractivity contribution >= 4 is 29.6 Å². The van der Waals surface area contributed by atoms with Crippen LogP contribution in [-0.2, 0) is 24.0 Å². The lowest BCUT2D eigenvalue weighted by Crippen LogP contribution is -2.57. The van der Waals surface area contributed by atoms with Crippen molar-refractivity contribution in [3.05, 3.63) is 0 Å². The van der Waals surface area contributed by atoms with Gasteiger partial charge in [-0.2, -0.15) is 0 Å². The molecular weight excluding hydrogens is 408 g/mol. The Bertz CT molecular complexity index is 670. The topological polar surface area (TPSA) is 211 Å². The first kappa shape index (κ1) is 26.3. The number of carboxylic acid groups (broad SMARTS) is 1. The summed E-state index contributed by atoms with van der Waals surface area (Å²) < 4.78 is 0. The average Bonchev–Trinajstić information content (AvgIpc) is 3.19. The Labute approximate surface area is 181 Å². The van der Waals surface area contributed by atoms with E-state index >= 15 is 0 Å². The molecule has 0 spiro atoms. The summed E-state index contributed by atoms with van der Waals surface area (Å²) in [5, 5.41) is 14.5. The first-order valence-electron chi connectivity index (χ1n) is 10.5. The molecule has 0 radical (unpaired) electrons. The number of carbonyl (C=O) groups excluding carboxylic acids is 4. The lowest BCUT2D eigenvalue weighted by molar-refractivity contribution is -0.149. The monoisotopic (exact) mass is 442 g/mol. The smallest absolute Gasteiger partial charge is 0.326 e. The predicted molar refractivity (Wildman–Crippen MR) is 111 cm³/mol. The van der Waals surface area contributed by atoms with Gasteiger partial charge in [-0.1, -0.05) is 0 Å². The molecule has 4 amide bonds. The Morgan fingerprint density at radius 3 is 2.26 bits per heavy atom. The first-order chi connectivity index (χ1) is 14.6. The van der Waals surface area contributed by atoms with Crippen molar-refractivity contribution in [3.8, 4) is 0 Å². The molecule has 1 aliphatic heterocycles. The van der Waals surface area contributed by atoms with Crippen LogP contribution in [0.15, 0.2) is 0 Å². The molecule has 0 aromatic rings. The van der Waals surface area contributed by atoms with E-state index in [1.165, 1.54) is 11.8 Å². The predicted octanol–water partition coefficient (Wildman–Crippen LogP) is -2.23. The zero-order valence-corrected chi connectivity index (χ0v) is 17.8. The van der Waals surface area contributed by atoms with Gasteiger partial charge >= 0.3 is 5.97 Å². The molecule has 0 saturated carbocycles. The summed E-state index contributed by atoms with van der Waals surface area (Å²) in [6.07, 6.45) is 2.04. The number of nitrogens with zero attached hydrogens (tertiary/aromatic N) is 1. The molecule has 0 aliphatic carbocycles. The second-order valence-electron chi connectivity index (χ2n) is 7.73. The van der Waals surface area contributed by atoms with Gasteiger partial charge in [0, 0.05) is 13.0 Å². The van der Waals surface area contributed by atoms with Gasteiger partial charge in [0.05, 0.1) is 6.04 Å². The SMILES string of the molecule is CC(N)C(=O)NC(CCCCN)C(=O)NC(CCC(N)=O)C(=O)N1CCCC1C(=O)O. The number of rotatable bonds is 13. The van der Waals surface area contributed by atoms with E-state index in [-0.39, 0.29) is 25.8 Å². The first-order valence-corrected chi connectivity index (χ1v) is 10.5. The highest BCUT2D eigenvalue weighted by Gasteiger charge is 2.38. The van der Waals surface area contributed by atoms with Crippen LogP contribution in [0.3, 0.4) is 0 Å². The van der Waals surface area contributed by atoms with Gasteiger partial charge in [-0.25, -0.2) is 4.79 Å². The van der Waals surface area contributed by atoms with Gasteiger partial charge in [0.1, 0.15) is 18.1 Å². The minimum atomic E-state index is -1.15. The number of hydrogen-bond acceptors (Lipinski definition) is 7. The standard InChI is InChI=1S/C19H34N6O6/c1-11(21)16(27)23-12(5-2-3-9-20)17(28)24-13(7-8-15(22)26)18(29)25-10-4-6-14(25)19(30)31/h11-14H,2-10,20-21H2,1H3,(H2,22,26)(H,23,27)(H,24,28)(H,30,31). The molecule has 31 heavy (non-hydrogen) atoms. The average molecular weight is 443 g/mol. The minimum absolute atomic E-state index is 0.0838. The van der Waals surface area contributed by atoms with Crippen molar-refractivity contribution in [1.29, 1.82) is 0 Å². The van der Waals surface area contributed by atoms with Crippen molar-refractivity contribution in [2.45, 2.75) is 76.0 Å². The van der Waals surface area contributed by atoms with Crippen LogP contribution >= 0.6 is 0 Å². The molecule has 12 heteroatoms. The number of hydrogen-bond donors (Lipinski definition) is 6. The summed E-state index contributed by atoms with van der Waals surface area (Å²) in [6, 6.07) is -3.93. The van der Waals surface area contributed by atoms with Crippen molar-refractivity contribution in [2.24, 2.45) is 17.2 Å². The second kappa shape index (κ2) is 12.8. The van der Waals surface area contributed by atoms with E-state index in [4.69, 9.17) is 17.2 Å². The van der Waals surface area contributed by atoms with Gasteiger partial charge in [0.25, 0.3) is 0 Å². The van der Waals surface area contributed by atoms with Crippen LogP contribution in [0.4, 0.5) is 0 Å². The summed E-state index contributed by atoms with van der Waals surface area (Å²) >= 11 is 0. The van der Waals surface area contributed by atoms with Crippen molar-refractivity contribution in [2.75, 3.05) is 13.1 Å². The normalized spacial score (nSPS) is 18.7. The maximum atomic E-state index is 13.0. The number of carbonyl (C=O) groups is 5. The molecule has 1 fully saturated rings. The maximum absolute atomic E-state index is 13.0. The lowest BCUT2D eigenvalue weighted by atomic mass is 10.0. The highest BCUT2D eigenvalue weighted by molar-refractivity contribution is 5.94. The van der Waals surface area contributed by atoms with Crippen LogP contribution in [0.5, 0.6) is 0 Å². The van der Waals surface area contributed by atoms with Gasteiger partial charge in [0.2, 0.25) is 23.6 Å². The van der Waals surface area contributed by atoms with Gasteiger partial charge < -0.3 is 37.8 Å². The molecule has 0 aromatic heterocycles. The third-order valence-corrected chi connectivity index (χ3v) is 5.11. The minimum Gasteiger partial charge on any atom is -0.480 e. The fraction of sp³-hybridized carbons (Fsp3) is 0.737. The Hall–Kier alpha value is -2.73. The highest BCUT2D eigenvalue weighted by Crippen LogP contribution is 2.19. The van der Waals surface area contributed by atoms with E-state index in [2.05, 4.69) is 10.6 Å². The summed E-state index contributed by atoms with van der Waals surface area (Å²) in [6.45, 7) is 2.13. The number of aliphatic carboxylic acids is 1. The maximum Gasteiger partial charge on any atom is 0.326 e. The molecule has 0 aromatic carbocycles. The summed E-state index contributed by atoms with van der Waals surface area (Å²) in [4.78, 5) is 61.8. The van der Waals surface area contributed by atoms with Crippen LogP contribution in [-0.4, -0.2) is 76.9 Å². The Balaban J connectivity index is 2.98. The molecule has 0 bridgehead atoms. The molecule has 1 heterocycles. The quantitative estimate of drug-likeness (QED) is 0.171. The third-order valence-electron chi connectivity index (χ3n) is 5.11. The molecule has 4 atom stereocenters.